The summed E-state index contributed by atoms with van der Waals surface area (Å²) in [4.78, 5) is 36.1. The van der Waals surface area contributed by atoms with Crippen LogP contribution in [0.2, 0.25) is 0 Å². The minimum atomic E-state index is -0.912. The fourth-order valence-corrected chi connectivity index (χ4v) is 2.40. The van der Waals surface area contributed by atoms with Crippen LogP contribution in [0, 0.1) is 0 Å². The second-order valence-electron chi connectivity index (χ2n) is 6.40. The minimum Gasteiger partial charge on any atom is -0.481 e. The maximum atomic E-state index is 12.1. The molecule has 1 saturated heterocycles. The first kappa shape index (κ1) is 17.3. The molecule has 7 nitrogen and oxygen atoms in total. The zero-order chi connectivity index (χ0) is 16.0. The van der Waals surface area contributed by atoms with Crippen LogP contribution in [0.4, 0.5) is 4.79 Å². The van der Waals surface area contributed by atoms with E-state index in [1.165, 1.54) is 4.90 Å². The number of likely N-dealkylation sites (tertiary alicyclic amines) is 1. The number of carboxylic acid groups (broad SMARTS) is 1. The number of carbonyl (C=O) groups excluding carboxylic acids is 2. The fourth-order valence-electron chi connectivity index (χ4n) is 2.40. The van der Waals surface area contributed by atoms with Crippen LogP contribution in [0.25, 0.3) is 0 Å². The summed E-state index contributed by atoms with van der Waals surface area (Å²) in [6.07, 6.45) is 2.42. The highest BCUT2D eigenvalue weighted by atomic mass is 16.4. The van der Waals surface area contributed by atoms with Crippen molar-refractivity contribution in [2.45, 2.75) is 58.0 Å². The number of hydrogen-bond donors (Lipinski definition) is 3. The van der Waals surface area contributed by atoms with E-state index < -0.39 is 5.97 Å². The molecule has 1 fully saturated rings. The van der Waals surface area contributed by atoms with Crippen LogP contribution < -0.4 is 10.6 Å². The smallest absolute Gasteiger partial charge is 0.318 e. The topological polar surface area (TPSA) is 98.7 Å². The van der Waals surface area contributed by atoms with E-state index in [1.54, 1.807) is 0 Å². The Bertz CT molecular complexity index is 404. The molecule has 1 aliphatic rings. The van der Waals surface area contributed by atoms with Crippen LogP contribution >= 0.6 is 0 Å². The molecule has 0 bridgehead atoms. The van der Waals surface area contributed by atoms with Gasteiger partial charge in [0.05, 0.1) is 13.0 Å². The number of aliphatic carboxylic acids is 1. The summed E-state index contributed by atoms with van der Waals surface area (Å²) < 4.78 is 0. The summed E-state index contributed by atoms with van der Waals surface area (Å²) in [5.74, 6) is -1.17. The van der Waals surface area contributed by atoms with E-state index in [0.29, 0.717) is 13.0 Å². The SMILES string of the molecule is CC(C)(C)NC(=O)CNC(=O)N1CCCCC1CC(=O)O. The highest BCUT2D eigenvalue weighted by molar-refractivity contribution is 5.84. The molecule has 1 unspecified atom stereocenters. The van der Waals surface area contributed by atoms with Crippen LogP contribution in [-0.2, 0) is 9.59 Å². The average Bonchev–Trinajstić information content (AvgIpc) is 2.34. The maximum Gasteiger partial charge on any atom is 0.318 e. The number of amides is 3. The molecule has 1 atom stereocenters. The summed E-state index contributed by atoms with van der Waals surface area (Å²) in [5.41, 5.74) is -0.348. The number of rotatable bonds is 4. The van der Waals surface area contributed by atoms with Crippen molar-refractivity contribution in [2.24, 2.45) is 0 Å². The van der Waals surface area contributed by atoms with Gasteiger partial charge in [-0.2, -0.15) is 0 Å². The van der Waals surface area contributed by atoms with Gasteiger partial charge in [-0.15, -0.1) is 0 Å². The largest absolute Gasteiger partial charge is 0.481 e. The molecule has 0 spiro atoms. The van der Waals surface area contributed by atoms with Crippen LogP contribution in [-0.4, -0.2) is 52.6 Å². The maximum absolute atomic E-state index is 12.1. The molecular formula is C14H25N3O4. The van der Waals surface area contributed by atoms with Crippen molar-refractivity contribution in [3.8, 4) is 0 Å². The number of nitrogens with one attached hydrogen (secondary N) is 2. The zero-order valence-corrected chi connectivity index (χ0v) is 12.9. The number of piperidine rings is 1. The molecule has 0 radical (unpaired) electrons. The molecule has 1 heterocycles. The Hall–Kier alpha value is -1.79. The second kappa shape index (κ2) is 7.28. The van der Waals surface area contributed by atoms with Gasteiger partial charge in [-0.05, 0) is 40.0 Å². The zero-order valence-electron chi connectivity index (χ0n) is 12.9. The van der Waals surface area contributed by atoms with Gasteiger partial charge in [0.1, 0.15) is 0 Å². The van der Waals surface area contributed by atoms with E-state index in [2.05, 4.69) is 10.6 Å². The first-order valence-corrected chi connectivity index (χ1v) is 7.26. The third-order valence-electron chi connectivity index (χ3n) is 3.21. The molecular weight excluding hydrogens is 274 g/mol. The van der Waals surface area contributed by atoms with Crippen molar-refractivity contribution in [1.82, 2.24) is 15.5 Å². The number of hydrogen-bond acceptors (Lipinski definition) is 3. The van der Waals surface area contributed by atoms with Crippen molar-refractivity contribution in [3.05, 3.63) is 0 Å². The van der Waals surface area contributed by atoms with Gasteiger partial charge < -0.3 is 20.6 Å². The summed E-state index contributed by atoms with van der Waals surface area (Å²) in [7, 11) is 0. The lowest BCUT2D eigenvalue weighted by molar-refractivity contribution is -0.138. The Kier molecular flexibility index (Phi) is 5.99. The van der Waals surface area contributed by atoms with Gasteiger partial charge >= 0.3 is 12.0 Å². The third-order valence-corrected chi connectivity index (χ3v) is 3.21. The van der Waals surface area contributed by atoms with Gasteiger partial charge in [0.2, 0.25) is 5.91 Å². The van der Waals surface area contributed by atoms with E-state index in [0.717, 1.165) is 12.8 Å². The highest BCUT2D eigenvalue weighted by Gasteiger charge is 2.28. The lowest BCUT2D eigenvalue weighted by atomic mass is 10.00. The van der Waals surface area contributed by atoms with Crippen molar-refractivity contribution in [1.29, 1.82) is 0 Å². The molecule has 0 aliphatic carbocycles. The van der Waals surface area contributed by atoms with E-state index in [1.807, 2.05) is 20.8 Å². The third kappa shape index (κ3) is 6.46. The first-order valence-electron chi connectivity index (χ1n) is 7.26. The van der Waals surface area contributed by atoms with Gasteiger partial charge in [-0.1, -0.05) is 0 Å². The average molecular weight is 299 g/mol. The van der Waals surface area contributed by atoms with Crippen molar-refractivity contribution in [3.63, 3.8) is 0 Å². The second-order valence-corrected chi connectivity index (χ2v) is 6.40. The predicted molar refractivity (Wildman–Crippen MR) is 77.9 cm³/mol. The van der Waals surface area contributed by atoms with Crippen LogP contribution in [0.1, 0.15) is 46.5 Å². The van der Waals surface area contributed by atoms with Crippen molar-refractivity contribution in [2.75, 3.05) is 13.1 Å². The molecule has 0 aromatic rings. The van der Waals surface area contributed by atoms with E-state index in [4.69, 9.17) is 5.11 Å². The molecule has 7 heteroatoms. The number of nitrogens with zero attached hydrogens (tertiary/aromatic N) is 1. The molecule has 120 valence electrons. The highest BCUT2D eigenvalue weighted by Crippen LogP contribution is 2.19. The van der Waals surface area contributed by atoms with E-state index >= 15 is 0 Å². The summed E-state index contributed by atoms with van der Waals surface area (Å²) in [5, 5.41) is 14.2. The van der Waals surface area contributed by atoms with Crippen LogP contribution in [0.5, 0.6) is 0 Å². The van der Waals surface area contributed by atoms with Gasteiger partial charge in [0.25, 0.3) is 0 Å². The van der Waals surface area contributed by atoms with Crippen molar-refractivity contribution >= 4 is 17.9 Å². The van der Waals surface area contributed by atoms with Gasteiger partial charge in [-0.3, -0.25) is 9.59 Å². The number of carboxylic acids is 1. The summed E-state index contributed by atoms with van der Waals surface area (Å²) in [6.45, 7) is 6.01. The first-order chi connectivity index (χ1) is 9.69. The van der Waals surface area contributed by atoms with Gasteiger partial charge in [0, 0.05) is 18.1 Å². The lowest BCUT2D eigenvalue weighted by Crippen LogP contribution is -2.52. The standard InChI is InChI=1S/C14H25N3O4/c1-14(2,3)16-11(18)9-15-13(21)17-7-5-4-6-10(17)8-12(19)20/h10H,4-9H2,1-3H3,(H,15,21)(H,16,18)(H,19,20). The summed E-state index contributed by atoms with van der Waals surface area (Å²) in [6, 6.07) is -0.660. The molecule has 0 aromatic heterocycles. The Balaban J connectivity index is 2.48. The normalized spacial score (nSPS) is 19.0. The Morgan fingerprint density at radius 1 is 1.24 bits per heavy atom. The molecule has 0 aromatic carbocycles. The molecule has 3 amide bonds. The Labute approximate surface area is 125 Å². The fraction of sp³-hybridized carbons (Fsp3) is 0.786. The molecule has 1 aliphatic heterocycles. The minimum absolute atomic E-state index is 0.0540. The molecule has 21 heavy (non-hydrogen) atoms. The van der Waals surface area contributed by atoms with E-state index in [-0.39, 0.29) is 36.5 Å². The van der Waals surface area contributed by atoms with Gasteiger partial charge in [-0.25, -0.2) is 4.79 Å². The monoisotopic (exact) mass is 299 g/mol. The van der Waals surface area contributed by atoms with Crippen molar-refractivity contribution < 1.29 is 19.5 Å². The quantitative estimate of drug-likeness (QED) is 0.719. The Morgan fingerprint density at radius 2 is 1.90 bits per heavy atom. The number of carbonyl (C=O) groups is 3. The molecule has 3 N–H and O–H groups in total. The van der Waals surface area contributed by atoms with Crippen LogP contribution in [0.3, 0.4) is 0 Å². The molecule has 1 rings (SSSR count). The lowest BCUT2D eigenvalue weighted by Gasteiger charge is -2.35. The van der Waals surface area contributed by atoms with E-state index in [9.17, 15) is 14.4 Å². The van der Waals surface area contributed by atoms with Crippen LogP contribution in [0.15, 0.2) is 0 Å². The molecule has 0 saturated carbocycles. The number of urea groups is 1. The summed E-state index contributed by atoms with van der Waals surface area (Å²) >= 11 is 0. The Morgan fingerprint density at radius 3 is 2.48 bits per heavy atom. The van der Waals surface area contributed by atoms with Gasteiger partial charge in [0.15, 0.2) is 0 Å². The predicted octanol–water partition coefficient (Wildman–Crippen LogP) is 0.940.